The Hall–Kier alpha value is -1.64. The number of aryl methyl sites for hydroxylation is 1. The van der Waals surface area contributed by atoms with Gasteiger partial charge in [0, 0.05) is 12.0 Å². The summed E-state index contributed by atoms with van der Waals surface area (Å²) in [5.74, 6) is 0.00283. The van der Waals surface area contributed by atoms with Crippen LogP contribution >= 0.6 is 0 Å². The van der Waals surface area contributed by atoms with E-state index in [-0.39, 0.29) is 5.91 Å². The predicted octanol–water partition coefficient (Wildman–Crippen LogP) is 2.64. The van der Waals surface area contributed by atoms with Gasteiger partial charge in [-0.1, -0.05) is 31.2 Å². The van der Waals surface area contributed by atoms with Gasteiger partial charge in [-0.2, -0.15) is 5.10 Å². The first-order valence-electron chi connectivity index (χ1n) is 6.25. The largest absolute Gasteiger partial charge is 0.273 e. The number of nitrogens with one attached hydrogen (secondary N) is 1. The van der Waals surface area contributed by atoms with Crippen molar-refractivity contribution in [3.8, 4) is 0 Å². The van der Waals surface area contributed by atoms with E-state index in [1.54, 1.807) is 0 Å². The summed E-state index contributed by atoms with van der Waals surface area (Å²) in [6.07, 6.45) is 4.56. The Balaban J connectivity index is 2.12. The molecule has 0 saturated carbocycles. The van der Waals surface area contributed by atoms with Crippen molar-refractivity contribution in [1.82, 2.24) is 5.43 Å². The number of carbonyl (C=O) groups is 1. The number of benzene rings is 1. The van der Waals surface area contributed by atoms with E-state index >= 15 is 0 Å². The van der Waals surface area contributed by atoms with E-state index in [1.165, 1.54) is 11.1 Å². The minimum atomic E-state index is 0.00283. The molecule has 0 spiro atoms. The van der Waals surface area contributed by atoms with Gasteiger partial charge in [0.15, 0.2) is 0 Å². The van der Waals surface area contributed by atoms with Crippen LogP contribution in [0.4, 0.5) is 0 Å². The third kappa shape index (κ3) is 2.93. The van der Waals surface area contributed by atoms with Crippen molar-refractivity contribution < 1.29 is 4.79 Å². The van der Waals surface area contributed by atoms with Crippen LogP contribution in [0.2, 0.25) is 0 Å². The van der Waals surface area contributed by atoms with Crippen LogP contribution in [-0.2, 0) is 11.2 Å². The Kier molecular flexibility index (Phi) is 3.91. The fourth-order valence-electron chi connectivity index (χ4n) is 2.13. The molecule has 0 saturated heterocycles. The van der Waals surface area contributed by atoms with Crippen molar-refractivity contribution in [3.05, 3.63) is 35.4 Å². The van der Waals surface area contributed by atoms with Gasteiger partial charge in [-0.05, 0) is 31.2 Å². The molecule has 1 aliphatic carbocycles. The lowest BCUT2D eigenvalue weighted by atomic mass is 9.90. The molecule has 0 heterocycles. The first-order valence-corrected chi connectivity index (χ1v) is 6.25. The molecule has 0 fully saturated rings. The summed E-state index contributed by atoms with van der Waals surface area (Å²) in [6, 6.07) is 8.29. The van der Waals surface area contributed by atoms with Crippen molar-refractivity contribution in [2.24, 2.45) is 5.10 Å². The number of rotatable bonds is 3. The molecule has 0 aliphatic heterocycles. The zero-order valence-corrected chi connectivity index (χ0v) is 10.2. The summed E-state index contributed by atoms with van der Waals surface area (Å²) in [4.78, 5) is 11.4. The van der Waals surface area contributed by atoms with Gasteiger partial charge in [-0.15, -0.1) is 0 Å². The summed E-state index contributed by atoms with van der Waals surface area (Å²) in [5, 5.41) is 4.26. The van der Waals surface area contributed by atoms with Crippen molar-refractivity contribution in [3.63, 3.8) is 0 Å². The number of fused-ring (bicyclic) bond motifs is 1. The average Bonchev–Trinajstić information content (AvgIpc) is 2.36. The summed E-state index contributed by atoms with van der Waals surface area (Å²) in [5.41, 5.74) is 6.18. The lowest BCUT2D eigenvalue weighted by Gasteiger charge is -2.17. The standard InChI is InChI=1S/C14H18N2O/c1-2-6-14(17)16-15-13-10-5-8-11-7-3-4-9-12(11)13/h3-4,7,9H,2,5-6,8,10H2,1H3,(H,16,17)/b15-13+. The molecule has 0 aromatic heterocycles. The van der Waals surface area contributed by atoms with Gasteiger partial charge in [0.2, 0.25) is 5.91 Å². The Labute approximate surface area is 102 Å². The number of amides is 1. The molecule has 3 nitrogen and oxygen atoms in total. The Morgan fingerprint density at radius 3 is 3.00 bits per heavy atom. The Morgan fingerprint density at radius 2 is 2.18 bits per heavy atom. The molecule has 2 rings (SSSR count). The Bertz CT molecular complexity index is 438. The van der Waals surface area contributed by atoms with E-state index in [0.29, 0.717) is 6.42 Å². The summed E-state index contributed by atoms with van der Waals surface area (Å²) in [7, 11) is 0. The highest BCUT2D eigenvalue weighted by Gasteiger charge is 2.14. The smallest absolute Gasteiger partial charge is 0.240 e. The molecule has 0 atom stereocenters. The zero-order chi connectivity index (χ0) is 12.1. The minimum Gasteiger partial charge on any atom is -0.273 e. The molecule has 0 radical (unpaired) electrons. The van der Waals surface area contributed by atoms with Crippen molar-refractivity contribution in [1.29, 1.82) is 0 Å². The third-order valence-corrected chi connectivity index (χ3v) is 2.98. The molecule has 1 aromatic rings. The number of hydrazone groups is 1. The fourth-order valence-corrected chi connectivity index (χ4v) is 2.13. The molecular formula is C14H18N2O. The van der Waals surface area contributed by atoms with Crippen LogP contribution in [-0.4, -0.2) is 11.6 Å². The van der Waals surface area contributed by atoms with Gasteiger partial charge in [-0.3, -0.25) is 4.79 Å². The maximum atomic E-state index is 11.4. The highest BCUT2D eigenvalue weighted by Crippen LogP contribution is 2.21. The summed E-state index contributed by atoms with van der Waals surface area (Å²) >= 11 is 0. The van der Waals surface area contributed by atoms with Gasteiger partial charge < -0.3 is 0 Å². The maximum absolute atomic E-state index is 11.4. The van der Waals surface area contributed by atoms with Crippen LogP contribution in [0, 0.1) is 0 Å². The molecular weight excluding hydrogens is 212 g/mol. The van der Waals surface area contributed by atoms with E-state index in [0.717, 1.165) is 31.4 Å². The highest BCUT2D eigenvalue weighted by molar-refractivity contribution is 6.03. The van der Waals surface area contributed by atoms with Crippen LogP contribution in [0.3, 0.4) is 0 Å². The van der Waals surface area contributed by atoms with E-state index in [9.17, 15) is 4.79 Å². The van der Waals surface area contributed by atoms with Crippen LogP contribution in [0.5, 0.6) is 0 Å². The fraction of sp³-hybridized carbons (Fsp3) is 0.429. The second-order valence-electron chi connectivity index (χ2n) is 4.35. The highest BCUT2D eigenvalue weighted by atomic mass is 16.2. The second kappa shape index (κ2) is 5.62. The van der Waals surface area contributed by atoms with E-state index < -0.39 is 0 Å². The number of hydrogen-bond donors (Lipinski definition) is 1. The molecule has 90 valence electrons. The molecule has 1 N–H and O–H groups in total. The number of carbonyl (C=O) groups excluding carboxylic acids is 1. The first kappa shape index (κ1) is 11.8. The van der Waals surface area contributed by atoms with Gasteiger partial charge >= 0.3 is 0 Å². The summed E-state index contributed by atoms with van der Waals surface area (Å²) < 4.78 is 0. The van der Waals surface area contributed by atoms with Crippen molar-refractivity contribution in [2.75, 3.05) is 0 Å². The second-order valence-corrected chi connectivity index (χ2v) is 4.35. The van der Waals surface area contributed by atoms with Crippen molar-refractivity contribution in [2.45, 2.75) is 39.0 Å². The van der Waals surface area contributed by atoms with Gasteiger partial charge in [0.25, 0.3) is 0 Å². The normalized spacial score (nSPS) is 16.6. The van der Waals surface area contributed by atoms with E-state index in [1.807, 2.05) is 13.0 Å². The monoisotopic (exact) mass is 230 g/mol. The van der Waals surface area contributed by atoms with Crippen LogP contribution in [0.15, 0.2) is 29.4 Å². The lowest BCUT2D eigenvalue weighted by molar-refractivity contribution is -0.121. The Morgan fingerprint density at radius 1 is 1.35 bits per heavy atom. The summed E-state index contributed by atoms with van der Waals surface area (Å²) in [6.45, 7) is 1.99. The van der Waals surface area contributed by atoms with Crippen LogP contribution in [0.25, 0.3) is 0 Å². The lowest BCUT2D eigenvalue weighted by Crippen LogP contribution is -2.21. The molecule has 0 unspecified atom stereocenters. The van der Waals surface area contributed by atoms with Crippen LogP contribution < -0.4 is 5.43 Å². The third-order valence-electron chi connectivity index (χ3n) is 2.98. The zero-order valence-electron chi connectivity index (χ0n) is 10.2. The topological polar surface area (TPSA) is 41.5 Å². The predicted molar refractivity (Wildman–Crippen MR) is 69.0 cm³/mol. The van der Waals surface area contributed by atoms with Gasteiger partial charge in [0.1, 0.15) is 0 Å². The van der Waals surface area contributed by atoms with Gasteiger partial charge in [0.05, 0.1) is 5.71 Å². The van der Waals surface area contributed by atoms with Gasteiger partial charge in [-0.25, -0.2) is 5.43 Å². The van der Waals surface area contributed by atoms with E-state index in [2.05, 4.69) is 28.7 Å². The molecule has 1 aromatic carbocycles. The molecule has 3 heteroatoms. The number of nitrogens with zero attached hydrogens (tertiary/aromatic N) is 1. The quantitative estimate of drug-likeness (QED) is 0.797. The molecule has 1 amide bonds. The van der Waals surface area contributed by atoms with Crippen LogP contribution in [0.1, 0.15) is 43.7 Å². The maximum Gasteiger partial charge on any atom is 0.240 e. The van der Waals surface area contributed by atoms with E-state index in [4.69, 9.17) is 0 Å². The minimum absolute atomic E-state index is 0.00283. The first-order chi connectivity index (χ1) is 8.31. The number of hydrogen-bond acceptors (Lipinski definition) is 2. The van der Waals surface area contributed by atoms with Crippen molar-refractivity contribution >= 4 is 11.6 Å². The molecule has 0 bridgehead atoms. The average molecular weight is 230 g/mol. The molecule has 1 aliphatic rings. The SMILES string of the molecule is CCCC(=O)N/N=C1\CCCc2ccccc21. The molecule has 17 heavy (non-hydrogen) atoms.